The van der Waals surface area contributed by atoms with Gasteiger partial charge in [-0.05, 0) is 62.7 Å². The summed E-state index contributed by atoms with van der Waals surface area (Å²) in [5.41, 5.74) is 3.25. The lowest BCUT2D eigenvalue weighted by atomic mass is 10.1. The molecular weight excluding hydrogens is 312 g/mol. The van der Waals surface area contributed by atoms with Crippen molar-refractivity contribution in [2.45, 2.75) is 39.8 Å². The van der Waals surface area contributed by atoms with Crippen molar-refractivity contribution >= 4 is 11.6 Å². The van der Waals surface area contributed by atoms with Crippen molar-refractivity contribution in [1.29, 1.82) is 0 Å². The summed E-state index contributed by atoms with van der Waals surface area (Å²) in [4.78, 5) is 14.5. The predicted octanol–water partition coefficient (Wildman–Crippen LogP) is 4.11. The Morgan fingerprint density at radius 1 is 1.04 bits per heavy atom. The predicted molar refractivity (Wildman–Crippen MR) is 103 cm³/mol. The summed E-state index contributed by atoms with van der Waals surface area (Å²) in [5.74, 6) is 0.868. The number of nitrogens with zero attached hydrogens (tertiary/aromatic N) is 1. The van der Waals surface area contributed by atoms with Crippen molar-refractivity contribution in [2.75, 3.05) is 19.0 Å². The lowest BCUT2D eigenvalue weighted by molar-refractivity contribution is -0.120. The molecule has 0 unspecified atom stereocenters. The van der Waals surface area contributed by atoms with Gasteiger partial charge >= 0.3 is 0 Å². The fourth-order valence-corrected chi connectivity index (χ4v) is 2.55. The topological polar surface area (TPSA) is 41.6 Å². The van der Waals surface area contributed by atoms with Gasteiger partial charge in [0.05, 0.1) is 12.6 Å². The molecule has 0 aliphatic rings. The van der Waals surface area contributed by atoms with Crippen LogP contribution >= 0.6 is 0 Å². The van der Waals surface area contributed by atoms with Crippen LogP contribution in [0.1, 0.15) is 31.9 Å². The van der Waals surface area contributed by atoms with Gasteiger partial charge in [0.1, 0.15) is 5.75 Å². The largest absolute Gasteiger partial charge is 0.494 e. The van der Waals surface area contributed by atoms with Gasteiger partial charge in [-0.1, -0.05) is 31.2 Å². The fraction of sp³-hybridized carbons (Fsp3) is 0.381. The number of aryl methyl sites for hydroxylation is 1. The van der Waals surface area contributed by atoms with E-state index in [0.29, 0.717) is 13.2 Å². The van der Waals surface area contributed by atoms with E-state index in [-0.39, 0.29) is 11.9 Å². The van der Waals surface area contributed by atoms with Crippen LogP contribution in [0.15, 0.2) is 48.5 Å². The van der Waals surface area contributed by atoms with Gasteiger partial charge in [0.2, 0.25) is 5.91 Å². The Morgan fingerprint density at radius 3 is 2.20 bits per heavy atom. The number of rotatable bonds is 8. The Labute approximate surface area is 150 Å². The molecule has 0 radical (unpaired) electrons. The standard InChI is InChI=1S/C21H28N2O2/c1-5-17-7-11-19(12-8-17)22-21(24)16(3)23(4)15-18-9-13-20(14-10-18)25-6-2/h7-14,16H,5-6,15H2,1-4H3,(H,22,24)/t16-/m0/s1. The second-order valence-corrected chi connectivity index (χ2v) is 6.21. The minimum Gasteiger partial charge on any atom is -0.494 e. The average Bonchev–Trinajstić information content (AvgIpc) is 2.63. The molecule has 4 heteroatoms. The van der Waals surface area contributed by atoms with E-state index in [0.717, 1.165) is 23.4 Å². The number of likely N-dealkylation sites (N-methyl/N-ethyl adjacent to an activating group) is 1. The Kier molecular flexibility index (Phi) is 7.02. The molecule has 1 amide bonds. The van der Waals surface area contributed by atoms with E-state index in [2.05, 4.69) is 12.2 Å². The molecule has 25 heavy (non-hydrogen) atoms. The van der Waals surface area contributed by atoms with E-state index >= 15 is 0 Å². The highest BCUT2D eigenvalue weighted by atomic mass is 16.5. The molecule has 1 N–H and O–H groups in total. The van der Waals surface area contributed by atoms with Crippen LogP contribution in [0.3, 0.4) is 0 Å². The van der Waals surface area contributed by atoms with Crippen molar-refractivity contribution in [3.05, 3.63) is 59.7 Å². The first-order valence-corrected chi connectivity index (χ1v) is 8.85. The average molecular weight is 340 g/mol. The molecule has 2 aromatic rings. The van der Waals surface area contributed by atoms with Crippen LogP contribution in [0.5, 0.6) is 5.75 Å². The number of amides is 1. The van der Waals surface area contributed by atoms with E-state index in [9.17, 15) is 4.79 Å². The maximum Gasteiger partial charge on any atom is 0.241 e. The summed E-state index contributed by atoms with van der Waals surface area (Å²) >= 11 is 0. The smallest absolute Gasteiger partial charge is 0.241 e. The highest BCUT2D eigenvalue weighted by molar-refractivity contribution is 5.94. The van der Waals surface area contributed by atoms with Crippen LogP contribution in [0, 0.1) is 0 Å². The summed E-state index contributed by atoms with van der Waals surface area (Å²) in [7, 11) is 1.96. The van der Waals surface area contributed by atoms with Crippen LogP contribution in [-0.4, -0.2) is 30.5 Å². The molecule has 4 nitrogen and oxygen atoms in total. The van der Waals surface area contributed by atoms with Gasteiger partial charge in [0, 0.05) is 12.2 Å². The molecular formula is C21H28N2O2. The third-order valence-corrected chi connectivity index (χ3v) is 4.34. The zero-order chi connectivity index (χ0) is 18.2. The number of ether oxygens (including phenoxy) is 1. The molecule has 0 saturated heterocycles. The van der Waals surface area contributed by atoms with Gasteiger partial charge in [-0.2, -0.15) is 0 Å². The van der Waals surface area contributed by atoms with Crippen molar-refractivity contribution in [3.63, 3.8) is 0 Å². The molecule has 0 bridgehead atoms. The van der Waals surface area contributed by atoms with Gasteiger partial charge in [-0.15, -0.1) is 0 Å². The first kappa shape index (κ1) is 19.0. The number of nitrogens with one attached hydrogen (secondary N) is 1. The maximum atomic E-state index is 12.5. The van der Waals surface area contributed by atoms with Crippen molar-refractivity contribution < 1.29 is 9.53 Å². The molecule has 0 aliphatic heterocycles. The maximum absolute atomic E-state index is 12.5. The molecule has 2 rings (SSSR count). The summed E-state index contributed by atoms with van der Waals surface area (Å²) < 4.78 is 5.46. The summed E-state index contributed by atoms with van der Waals surface area (Å²) in [5, 5.41) is 2.98. The van der Waals surface area contributed by atoms with Gasteiger partial charge in [0.25, 0.3) is 0 Å². The van der Waals surface area contributed by atoms with Gasteiger partial charge < -0.3 is 10.1 Å². The monoisotopic (exact) mass is 340 g/mol. The molecule has 0 aliphatic carbocycles. The number of anilines is 1. The lowest BCUT2D eigenvalue weighted by Gasteiger charge is -2.24. The van der Waals surface area contributed by atoms with Crippen LogP contribution in [0.25, 0.3) is 0 Å². The first-order chi connectivity index (χ1) is 12.0. The number of carbonyl (C=O) groups is 1. The van der Waals surface area contributed by atoms with Gasteiger partial charge in [-0.25, -0.2) is 0 Å². The minimum atomic E-state index is -0.225. The number of hydrogen-bond donors (Lipinski definition) is 1. The quantitative estimate of drug-likeness (QED) is 0.786. The van der Waals surface area contributed by atoms with Crippen LogP contribution in [0.4, 0.5) is 5.69 Å². The van der Waals surface area contributed by atoms with E-state index in [1.165, 1.54) is 5.56 Å². The van der Waals surface area contributed by atoms with Gasteiger partial charge in [-0.3, -0.25) is 9.69 Å². The van der Waals surface area contributed by atoms with Crippen molar-refractivity contribution in [1.82, 2.24) is 4.90 Å². The highest BCUT2D eigenvalue weighted by Gasteiger charge is 2.18. The fourth-order valence-electron chi connectivity index (χ4n) is 2.55. The zero-order valence-electron chi connectivity index (χ0n) is 15.6. The van der Waals surface area contributed by atoms with Gasteiger partial charge in [0.15, 0.2) is 0 Å². The van der Waals surface area contributed by atoms with E-state index in [1.807, 2.05) is 74.3 Å². The van der Waals surface area contributed by atoms with E-state index < -0.39 is 0 Å². The molecule has 2 aromatic carbocycles. The third-order valence-electron chi connectivity index (χ3n) is 4.34. The summed E-state index contributed by atoms with van der Waals surface area (Å²) in [6.45, 7) is 7.37. The van der Waals surface area contributed by atoms with Crippen LogP contribution in [0.2, 0.25) is 0 Å². The Bertz CT molecular complexity index is 665. The highest BCUT2D eigenvalue weighted by Crippen LogP contribution is 2.15. The normalized spacial score (nSPS) is 12.0. The Balaban J connectivity index is 1.91. The zero-order valence-corrected chi connectivity index (χ0v) is 15.6. The van der Waals surface area contributed by atoms with Crippen molar-refractivity contribution in [3.8, 4) is 5.75 Å². The Morgan fingerprint density at radius 2 is 1.64 bits per heavy atom. The molecule has 0 heterocycles. The SMILES string of the molecule is CCOc1ccc(CN(C)[C@@H](C)C(=O)Nc2ccc(CC)cc2)cc1. The molecule has 0 saturated carbocycles. The lowest BCUT2D eigenvalue weighted by Crippen LogP contribution is -2.39. The van der Waals surface area contributed by atoms with E-state index in [4.69, 9.17) is 4.74 Å². The molecule has 0 fully saturated rings. The second kappa shape index (κ2) is 9.23. The molecule has 1 atom stereocenters. The van der Waals surface area contributed by atoms with E-state index in [1.54, 1.807) is 0 Å². The Hall–Kier alpha value is -2.33. The number of carbonyl (C=O) groups excluding carboxylic acids is 1. The first-order valence-electron chi connectivity index (χ1n) is 8.85. The minimum absolute atomic E-state index is 0.00214. The summed E-state index contributed by atoms with van der Waals surface area (Å²) in [6, 6.07) is 15.8. The third kappa shape index (κ3) is 5.61. The molecule has 134 valence electrons. The van der Waals surface area contributed by atoms with Crippen molar-refractivity contribution in [2.24, 2.45) is 0 Å². The van der Waals surface area contributed by atoms with Crippen LogP contribution < -0.4 is 10.1 Å². The summed E-state index contributed by atoms with van der Waals surface area (Å²) in [6.07, 6.45) is 0.995. The number of benzene rings is 2. The number of hydrogen-bond acceptors (Lipinski definition) is 3. The molecule has 0 aromatic heterocycles. The second-order valence-electron chi connectivity index (χ2n) is 6.21. The molecule has 0 spiro atoms. The van der Waals surface area contributed by atoms with Crippen LogP contribution in [-0.2, 0) is 17.8 Å².